The van der Waals surface area contributed by atoms with E-state index in [-0.39, 0.29) is 18.7 Å². The van der Waals surface area contributed by atoms with Crippen LogP contribution < -0.4 is 5.73 Å². The van der Waals surface area contributed by atoms with Crippen molar-refractivity contribution in [3.63, 3.8) is 0 Å². The van der Waals surface area contributed by atoms with E-state index in [0.29, 0.717) is 6.54 Å². The van der Waals surface area contributed by atoms with Gasteiger partial charge >= 0.3 is 0 Å². The molecule has 1 heterocycles. The molecule has 0 fully saturated rings. The van der Waals surface area contributed by atoms with E-state index >= 15 is 0 Å². The minimum Gasteiger partial charge on any atom is -0.395 e. The van der Waals surface area contributed by atoms with Gasteiger partial charge in [0, 0.05) is 17.5 Å². The van der Waals surface area contributed by atoms with Crippen LogP contribution in [-0.2, 0) is 0 Å². The zero-order valence-electron chi connectivity index (χ0n) is 12.4. The summed E-state index contributed by atoms with van der Waals surface area (Å²) in [5.41, 5.74) is 7.68. The second kappa shape index (κ2) is 8.69. The zero-order chi connectivity index (χ0) is 14.3. The summed E-state index contributed by atoms with van der Waals surface area (Å²) in [5, 5.41) is 11.5. The first kappa shape index (κ1) is 16.6. The van der Waals surface area contributed by atoms with Gasteiger partial charge in [-0.1, -0.05) is 20.3 Å². The monoisotopic (exact) mass is 284 g/mol. The number of rotatable bonds is 9. The van der Waals surface area contributed by atoms with Gasteiger partial charge in [-0.3, -0.25) is 4.90 Å². The van der Waals surface area contributed by atoms with Crippen LogP contribution in [0.2, 0.25) is 0 Å². The molecule has 0 aliphatic rings. The largest absolute Gasteiger partial charge is 0.395 e. The molecule has 0 amide bonds. The van der Waals surface area contributed by atoms with E-state index in [2.05, 4.69) is 37.1 Å². The molecule has 2 unspecified atom stereocenters. The molecule has 0 spiro atoms. The summed E-state index contributed by atoms with van der Waals surface area (Å²) in [5.74, 6) is 0. The lowest BCUT2D eigenvalue weighted by Gasteiger charge is -2.35. The van der Waals surface area contributed by atoms with Crippen molar-refractivity contribution in [3.8, 4) is 0 Å². The van der Waals surface area contributed by atoms with E-state index in [4.69, 9.17) is 5.73 Å². The van der Waals surface area contributed by atoms with E-state index in [9.17, 15) is 5.11 Å². The molecule has 19 heavy (non-hydrogen) atoms. The maximum atomic E-state index is 9.33. The van der Waals surface area contributed by atoms with Gasteiger partial charge in [0.2, 0.25) is 0 Å². The summed E-state index contributed by atoms with van der Waals surface area (Å²) in [6.45, 7) is 8.39. The Morgan fingerprint density at radius 2 is 2.11 bits per heavy atom. The van der Waals surface area contributed by atoms with Gasteiger partial charge in [0.1, 0.15) is 0 Å². The average molecular weight is 284 g/mol. The van der Waals surface area contributed by atoms with Gasteiger partial charge in [0.25, 0.3) is 0 Å². The summed E-state index contributed by atoms with van der Waals surface area (Å²) in [6.07, 6.45) is 3.27. The topological polar surface area (TPSA) is 49.5 Å². The van der Waals surface area contributed by atoms with Crippen LogP contribution in [0.4, 0.5) is 0 Å². The Morgan fingerprint density at radius 1 is 1.37 bits per heavy atom. The third-order valence-corrected chi connectivity index (χ3v) is 4.72. The number of thiophene rings is 1. The SMILES string of the molecule is CCCCN(CCO)C(c1sccc1C)C(N)CC. The number of unbranched alkanes of at least 4 members (excludes halogenated alkanes) is 1. The van der Waals surface area contributed by atoms with Gasteiger partial charge < -0.3 is 10.8 Å². The van der Waals surface area contributed by atoms with Crippen molar-refractivity contribution in [2.75, 3.05) is 19.7 Å². The van der Waals surface area contributed by atoms with Crippen molar-refractivity contribution in [3.05, 3.63) is 21.9 Å². The van der Waals surface area contributed by atoms with Crippen LogP contribution in [0, 0.1) is 6.92 Å². The van der Waals surface area contributed by atoms with Crippen LogP contribution >= 0.6 is 11.3 Å². The molecular formula is C15H28N2OS. The quantitative estimate of drug-likeness (QED) is 0.733. The van der Waals surface area contributed by atoms with Gasteiger partial charge in [-0.15, -0.1) is 11.3 Å². The van der Waals surface area contributed by atoms with Crippen molar-refractivity contribution < 1.29 is 5.11 Å². The number of nitrogens with two attached hydrogens (primary N) is 1. The number of aryl methyl sites for hydroxylation is 1. The third kappa shape index (κ3) is 4.56. The van der Waals surface area contributed by atoms with Gasteiger partial charge in [-0.05, 0) is 43.3 Å². The second-order valence-corrected chi connectivity index (χ2v) is 6.05. The molecule has 0 aromatic carbocycles. The van der Waals surface area contributed by atoms with Gasteiger partial charge in [-0.2, -0.15) is 0 Å². The lowest BCUT2D eigenvalue weighted by atomic mass is 10.00. The molecule has 2 atom stereocenters. The molecule has 0 radical (unpaired) electrons. The smallest absolute Gasteiger partial charge is 0.0596 e. The van der Waals surface area contributed by atoms with Crippen molar-refractivity contribution >= 4 is 11.3 Å². The van der Waals surface area contributed by atoms with Gasteiger partial charge in [0.15, 0.2) is 0 Å². The third-order valence-electron chi connectivity index (χ3n) is 3.63. The van der Waals surface area contributed by atoms with E-state index in [1.165, 1.54) is 16.9 Å². The van der Waals surface area contributed by atoms with Crippen LogP contribution in [0.5, 0.6) is 0 Å². The van der Waals surface area contributed by atoms with Crippen molar-refractivity contribution in [1.29, 1.82) is 0 Å². The Hall–Kier alpha value is -0.420. The van der Waals surface area contributed by atoms with Gasteiger partial charge in [0.05, 0.1) is 12.6 Å². The number of hydrogen-bond acceptors (Lipinski definition) is 4. The van der Waals surface area contributed by atoms with Gasteiger partial charge in [-0.25, -0.2) is 0 Å². The fraction of sp³-hybridized carbons (Fsp3) is 0.733. The van der Waals surface area contributed by atoms with Crippen LogP contribution in [0.3, 0.4) is 0 Å². The van der Waals surface area contributed by atoms with Crippen molar-refractivity contribution in [1.82, 2.24) is 4.90 Å². The van der Waals surface area contributed by atoms with Crippen LogP contribution in [0.1, 0.15) is 49.6 Å². The number of aliphatic hydroxyl groups is 1. The highest BCUT2D eigenvalue weighted by Gasteiger charge is 2.27. The highest BCUT2D eigenvalue weighted by atomic mass is 32.1. The maximum Gasteiger partial charge on any atom is 0.0596 e. The molecule has 0 bridgehead atoms. The molecular weight excluding hydrogens is 256 g/mol. The van der Waals surface area contributed by atoms with Crippen LogP contribution in [-0.4, -0.2) is 35.7 Å². The molecule has 3 N–H and O–H groups in total. The molecule has 1 aromatic heterocycles. The number of aliphatic hydroxyl groups excluding tert-OH is 1. The Morgan fingerprint density at radius 3 is 2.58 bits per heavy atom. The molecule has 0 saturated carbocycles. The lowest BCUT2D eigenvalue weighted by Crippen LogP contribution is -2.42. The average Bonchev–Trinajstić information content (AvgIpc) is 2.82. The minimum absolute atomic E-state index is 0.126. The second-order valence-electron chi connectivity index (χ2n) is 5.10. The standard InChI is InChI=1S/C15H28N2OS/c1-4-6-8-17(9-10-18)14(13(16)5-2)15-12(3)7-11-19-15/h7,11,13-14,18H,4-6,8-10,16H2,1-3H3. The normalized spacial score (nSPS) is 14.8. The first-order valence-electron chi connectivity index (χ1n) is 7.30. The molecule has 1 rings (SSSR count). The fourth-order valence-electron chi connectivity index (χ4n) is 2.42. The predicted octanol–water partition coefficient (Wildman–Crippen LogP) is 2.93. The molecule has 1 aromatic rings. The first-order valence-corrected chi connectivity index (χ1v) is 8.18. The van der Waals surface area contributed by atoms with Crippen molar-refractivity contribution in [2.45, 2.75) is 52.1 Å². The highest BCUT2D eigenvalue weighted by Crippen LogP contribution is 2.32. The summed E-state index contributed by atoms with van der Waals surface area (Å²) >= 11 is 1.79. The van der Waals surface area contributed by atoms with Crippen LogP contribution in [0.15, 0.2) is 11.4 Å². The summed E-state index contributed by atoms with van der Waals surface area (Å²) < 4.78 is 0. The summed E-state index contributed by atoms with van der Waals surface area (Å²) in [7, 11) is 0. The summed E-state index contributed by atoms with van der Waals surface area (Å²) in [4.78, 5) is 3.72. The predicted molar refractivity (Wildman–Crippen MR) is 83.6 cm³/mol. The van der Waals surface area contributed by atoms with E-state index in [0.717, 1.165) is 19.4 Å². The lowest BCUT2D eigenvalue weighted by molar-refractivity contribution is 0.132. The fourth-order valence-corrected chi connectivity index (χ4v) is 3.56. The summed E-state index contributed by atoms with van der Waals surface area (Å²) in [6, 6.07) is 2.52. The molecule has 3 nitrogen and oxygen atoms in total. The highest BCUT2D eigenvalue weighted by molar-refractivity contribution is 7.10. The first-order chi connectivity index (χ1) is 9.15. The molecule has 0 saturated heterocycles. The van der Waals surface area contributed by atoms with E-state index < -0.39 is 0 Å². The number of hydrogen-bond donors (Lipinski definition) is 2. The Labute approximate surface area is 121 Å². The minimum atomic E-state index is 0.126. The molecule has 0 aliphatic heterocycles. The van der Waals surface area contributed by atoms with E-state index in [1.54, 1.807) is 11.3 Å². The zero-order valence-corrected chi connectivity index (χ0v) is 13.2. The van der Waals surface area contributed by atoms with E-state index in [1.807, 2.05) is 0 Å². The Kier molecular flexibility index (Phi) is 7.61. The van der Waals surface area contributed by atoms with Crippen molar-refractivity contribution in [2.24, 2.45) is 5.73 Å². The number of nitrogens with zero attached hydrogens (tertiary/aromatic N) is 1. The molecule has 4 heteroatoms. The Bertz CT molecular complexity index is 354. The maximum absolute atomic E-state index is 9.33. The van der Waals surface area contributed by atoms with Crippen LogP contribution in [0.25, 0.3) is 0 Å². The Balaban J connectivity index is 2.95. The molecule has 0 aliphatic carbocycles. The molecule has 110 valence electrons.